The summed E-state index contributed by atoms with van der Waals surface area (Å²) in [6.45, 7) is 6.90. The van der Waals surface area contributed by atoms with Crippen LogP contribution in [0.2, 0.25) is 0 Å². The summed E-state index contributed by atoms with van der Waals surface area (Å²) in [6, 6.07) is 20.8. The van der Waals surface area contributed by atoms with Crippen LogP contribution in [0.15, 0.2) is 110 Å². The number of rotatable bonds is 19. The summed E-state index contributed by atoms with van der Waals surface area (Å²) < 4.78 is 10.7. The van der Waals surface area contributed by atoms with Crippen molar-refractivity contribution in [3.05, 3.63) is 132 Å². The van der Waals surface area contributed by atoms with E-state index in [2.05, 4.69) is 31.2 Å². The van der Waals surface area contributed by atoms with Crippen LogP contribution in [0.1, 0.15) is 49.9 Å². The van der Waals surface area contributed by atoms with Gasteiger partial charge in [-0.25, -0.2) is 9.59 Å². The number of hydrogen-bond acceptors (Lipinski definition) is 10. The first-order chi connectivity index (χ1) is 26.9. The molecule has 0 aliphatic heterocycles. The maximum atomic E-state index is 13.9. The Morgan fingerprint density at radius 3 is 1.21 bits per heavy atom. The fourth-order valence-corrected chi connectivity index (χ4v) is 5.94. The van der Waals surface area contributed by atoms with Crippen molar-refractivity contribution < 1.29 is 38.9 Å². The van der Waals surface area contributed by atoms with Gasteiger partial charge in [-0.05, 0) is 47.9 Å². The highest BCUT2D eigenvalue weighted by Gasteiger charge is 2.37. The zero-order chi connectivity index (χ0) is 40.5. The second-order valence-corrected chi connectivity index (χ2v) is 14.2. The molecule has 6 N–H and O–H groups in total. The Morgan fingerprint density at radius 1 is 0.536 bits per heavy atom. The summed E-state index contributed by atoms with van der Waals surface area (Å²) in [4.78, 5) is 61.3. The molecule has 0 fully saturated rings. The number of alkyl carbamates (subject to hydrolysis) is 2. The normalized spacial score (nSPS) is 14.4. The number of aromatic nitrogens is 2. The smallest absolute Gasteiger partial charge is 0.408 e. The zero-order valence-corrected chi connectivity index (χ0v) is 32.1. The van der Waals surface area contributed by atoms with Crippen LogP contribution in [0.3, 0.4) is 0 Å². The first-order valence-electron chi connectivity index (χ1n) is 18.6. The van der Waals surface area contributed by atoms with Crippen LogP contribution in [-0.4, -0.2) is 80.6 Å². The van der Waals surface area contributed by atoms with E-state index in [0.29, 0.717) is 11.1 Å². The number of carbonyl (C=O) groups is 4. The van der Waals surface area contributed by atoms with E-state index in [9.17, 15) is 29.4 Å². The number of carbonyl (C=O) groups excluding carboxylic acids is 4. The Bertz CT molecular complexity index is 1670. The fourth-order valence-electron chi connectivity index (χ4n) is 5.94. The molecule has 2 heterocycles. The van der Waals surface area contributed by atoms with Gasteiger partial charge in [-0.1, -0.05) is 100 Å². The molecule has 2 aromatic carbocycles. The number of hydrogen-bond donors (Lipinski definition) is 6. The van der Waals surface area contributed by atoms with Crippen molar-refractivity contribution in [2.24, 2.45) is 11.8 Å². The average molecular weight is 769 g/mol. The number of pyridine rings is 2. The second kappa shape index (κ2) is 21.9. The highest BCUT2D eigenvalue weighted by Crippen LogP contribution is 2.17. The molecule has 4 amide bonds. The molecule has 4 aromatic rings. The minimum Gasteiger partial charge on any atom is -0.445 e. The minimum atomic E-state index is -1.62. The van der Waals surface area contributed by atoms with Gasteiger partial charge in [0.05, 0.1) is 12.1 Å². The van der Waals surface area contributed by atoms with Gasteiger partial charge in [-0.3, -0.25) is 19.6 Å². The van der Waals surface area contributed by atoms with Crippen molar-refractivity contribution in [2.45, 2.75) is 90.1 Å². The van der Waals surface area contributed by atoms with E-state index in [4.69, 9.17) is 9.47 Å². The van der Waals surface area contributed by atoms with E-state index in [0.717, 1.165) is 11.1 Å². The van der Waals surface area contributed by atoms with Crippen molar-refractivity contribution in [3.63, 3.8) is 0 Å². The monoisotopic (exact) mass is 768 g/mol. The molecular formula is C42H52N6O8. The highest BCUT2D eigenvalue weighted by molar-refractivity contribution is 5.87. The molecule has 0 spiro atoms. The standard InChI is InChI=1S/C42H52N6O8/c1-27(2)35(47-41(53)55-25-31-17-11-19-43-23-31)39(51)45-33(21-29-13-7-5-8-14-29)37(49)38(50)34(22-30-15-9-6-10-16-30)46-40(52)36(28(3)4)48-42(54)56-26-32-18-12-20-44-24-32/h5-20,23-24,27-28,33-38,49-50H,21-22,25-26H2,1-4H3,(H,45,51)(H,46,52)(H,47,53)(H,48,54)/t33-,34-,35-,36+,37+,38-/m0/s1. The van der Waals surface area contributed by atoms with E-state index in [1.165, 1.54) is 0 Å². The third-order valence-corrected chi connectivity index (χ3v) is 9.06. The van der Waals surface area contributed by atoms with Gasteiger partial charge in [0, 0.05) is 35.9 Å². The molecule has 0 aliphatic carbocycles. The lowest BCUT2D eigenvalue weighted by atomic mass is 9.90. The molecule has 6 atom stereocenters. The lowest BCUT2D eigenvalue weighted by Crippen LogP contribution is -2.61. The van der Waals surface area contributed by atoms with Crippen LogP contribution in [0, 0.1) is 11.8 Å². The molecule has 0 saturated carbocycles. The lowest BCUT2D eigenvalue weighted by molar-refractivity contribution is -0.129. The Hall–Kier alpha value is -5.86. The average Bonchev–Trinajstić information content (AvgIpc) is 3.20. The van der Waals surface area contributed by atoms with Gasteiger partial charge in [0.25, 0.3) is 0 Å². The van der Waals surface area contributed by atoms with Gasteiger partial charge in [0.15, 0.2) is 0 Å². The molecule has 14 heteroatoms. The molecule has 0 aliphatic rings. The van der Waals surface area contributed by atoms with Crippen LogP contribution in [0.25, 0.3) is 0 Å². The largest absolute Gasteiger partial charge is 0.445 e. The Balaban J connectivity index is 1.53. The molecule has 0 bridgehead atoms. The Kier molecular flexibility index (Phi) is 16.8. The van der Waals surface area contributed by atoms with Crippen molar-refractivity contribution >= 4 is 24.0 Å². The predicted octanol–water partition coefficient (Wildman–Crippen LogP) is 3.86. The van der Waals surface area contributed by atoms with Gasteiger partial charge in [0.2, 0.25) is 11.8 Å². The number of benzene rings is 2. The maximum Gasteiger partial charge on any atom is 0.408 e. The van der Waals surface area contributed by atoms with E-state index in [1.54, 1.807) is 76.7 Å². The van der Waals surface area contributed by atoms with E-state index < -0.39 is 60.4 Å². The van der Waals surface area contributed by atoms with Crippen molar-refractivity contribution in [1.82, 2.24) is 31.2 Å². The number of nitrogens with one attached hydrogen (secondary N) is 4. The number of aliphatic hydroxyl groups is 2. The van der Waals surface area contributed by atoms with Gasteiger partial charge < -0.3 is 41.0 Å². The topological polar surface area (TPSA) is 201 Å². The fraction of sp³-hybridized carbons (Fsp3) is 0.381. The minimum absolute atomic E-state index is 0.0536. The SMILES string of the molecule is CC(C)[C@H](NC(=O)OCc1cccnc1)C(=O)N[C@@H](Cc1ccccc1)[C@@H](O)[C@@H](O)[C@H](Cc1ccccc1)NC(=O)[C@H](NC(=O)OCc1cccnc1)C(C)C. The molecular weight excluding hydrogens is 716 g/mol. The van der Waals surface area contributed by atoms with Crippen LogP contribution in [-0.2, 0) is 45.1 Å². The number of amides is 4. The van der Waals surface area contributed by atoms with Crippen LogP contribution in [0.5, 0.6) is 0 Å². The summed E-state index contributed by atoms with van der Waals surface area (Å²) in [5, 5.41) is 34.8. The van der Waals surface area contributed by atoms with E-state index in [-0.39, 0.29) is 37.9 Å². The third kappa shape index (κ3) is 13.8. The number of nitrogens with zero attached hydrogens (tertiary/aromatic N) is 2. The van der Waals surface area contributed by atoms with Gasteiger partial charge in [-0.2, -0.15) is 0 Å². The summed E-state index contributed by atoms with van der Waals surface area (Å²) in [6.07, 6.45) is 1.66. The first kappa shape index (κ1) is 42.9. The highest BCUT2D eigenvalue weighted by atomic mass is 16.6. The summed E-state index contributed by atoms with van der Waals surface area (Å²) in [5.74, 6) is -1.99. The van der Waals surface area contributed by atoms with Crippen LogP contribution < -0.4 is 21.3 Å². The molecule has 2 aromatic heterocycles. The lowest BCUT2D eigenvalue weighted by Gasteiger charge is -2.35. The molecule has 14 nitrogen and oxygen atoms in total. The second-order valence-electron chi connectivity index (χ2n) is 14.2. The molecule has 56 heavy (non-hydrogen) atoms. The molecule has 0 saturated heterocycles. The Morgan fingerprint density at radius 2 is 0.893 bits per heavy atom. The van der Waals surface area contributed by atoms with Gasteiger partial charge in [0.1, 0.15) is 37.5 Å². The Labute approximate surface area is 327 Å². The molecule has 0 radical (unpaired) electrons. The van der Waals surface area contributed by atoms with Crippen molar-refractivity contribution in [1.29, 1.82) is 0 Å². The first-order valence-corrected chi connectivity index (χ1v) is 18.6. The number of ether oxygens (including phenoxy) is 2. The van der Waals surface area contributed by atoms with Gasteiger partial charge in [-0.15, -0.1) is 0 Å². The quantitative estimate of drug-likeness (QED) is 0.0814. The van der Waals surface area contributed by atoms with Crippen LogP contribution >= 0.6 is 0 Å². The van der Waals surface area contributed by atoms with Gasteiger partial charge >= 0.3 is 12.2 Å². The maximum absolute atomic E-state index is 13.9. The summed E-state index contributed by atoms with van der Waals surface area (Å²) in [7, 11) is 0. The van der Waals surface area contributed by atoms with Crippen LogP contribution in [0.4, 0.5) is 9.59 Å². The van der Waals surface area contributed by atoms with Crippen molar-refractivity contribution in [2.75, 3.05) is 0 Å². The number of aliphatic hydroxyl groups excluding tert-OH is 2. The molecule has 4 rings (SSSR count). The predicted molar refractivity (Wildman–Crippen MR) is 209 cm³/mol. The molecule has 298 valence electrons. The summed E-state index contributed by atoms with van der Waals surface area (Å²) >= 11 is 0. The van der Waals surface area contributed by atoms with E-state index in [1.807, 2.05) is 60.7 Å². The van der Waals surface area contributed by atoms with Crippen molar-refractivity contribution in [3.8, 4) is 0 Å². The zero-order valence-electron chi connectivity index (χ0n) is 32.1. The molecule has 0 unspecified atom stereocenters. The summed E-state index contributed by atoms with van der Waals surface area (Å²) in [5.41, 5.74) is 2.85. The third-order valence-electron chi connectivity index (χ3n) is 9.06. The van der Waals surface area contributed by atoms with E-state index >= 15 is 0 Å².